The van der Waals surface area contributed by atoms with Crippen molar-refractivity contribution in [2.24, 2.45) is 0 Å². The van der Waals surface area contributed by atoms with Crippen LogP contribution in [0, 0.1) is 18.6 Å². The molecule has 1 heterocycles. The topological polar surface area (TPSA) is 46.9 Å². The minimum absolute atomic E-state index is 0.212. The number of anilines is 1. The summed E-state index contributed by atoms with van der Waals surface area (Å²) in [6.45, 7) is 3.73. The quantitative estimate of drug-likeness (QED) is 0.853. The predicted molar refractivity (Wildman–Crippen MR) is 79.4 cm³/mol. The fourth-order valence-corrected chi connectivity index (χ4v) is 1.97. The zero-order chi connectivity index (χ0) is 15.6. The maximum Gasteiger partial charge on any atom is 0.239 e. The van der Waals surface area contributed by atoms with Crippen molar-refractivity contribution in [1.82, 2.24) is 9.55 Å². The van der Waals surface area contributed by atoms with Gasteiger partial charge >= 0.3 is 0 Å². The number of halogens is 3. The molecule has 4 nitrogen and oxygen atoms in total. The normalized spacial score (nSPS) is 12.2. The van der Waals surface area contributed by atoms with Gasteiger partial charge in [-0.3, -0.25) is 4.79 Å². The Morgan fingerprint density at radius 2 is 2.00 bits per heavy atom. The van der Waals surface area contributed by atoms with Gasteiger partial charge in [-0.1, -0.05) is 15.9 Å². The number of nitrogens with one attached hydrogen (secondary N) is 1. The molecule has 1 aromatic carbocycles. The van der Waals surface area contributed by atoms with Crippen molar-refractivity contribution in [2.45, 2.75) is 25.2 Å². The third kappa shape index (κ3) is 4.10. The molecule has 1 aromatic heterocycles. The number of nitrogens with zero attached hydrogens (tertiary/aromatic N) is 2. The third-order valence-electron chi connectivity index (χ3n) is 2.86. The highest BCUT2D eigenvalue weighted by molar-refractivity contribution is 9.10. The molecule has 0 aliphatic heterocycles. The summed E-state index contributed by atoms with van der Waals surface area (Å²) in [6, 6.07) is 3.36. The number of amides is 1. The second-order valence-electron chi connectivity index (χ2n) is 4.68. The lowest BCUT2D eigenvalue weighted by atomic mass is 10.2. The van der Waals surface area contributed by atoms with Gasteiger partial charge in [0.05, 0.1) is 4.83 Å². The standard InChI is InChI=1S/C14H14BrF2N3O/c1-8(15)14(21)19-13-7-20(9(2)18-13)6-10-3-11(16)5-12(17)4-10/h3-5,7-8H,6H2,1-2H3,(H,19,21). The first kappa shape index (κ1) is 15.6. The van der Waals surface area contributed by atoms with Crippen molar-refractivity contribution >= 4 is 27.7 Å². The van der Waals surface area contributed by atoms with Crippen molar-refractivity contribution in [1.29, 1.82) is 0 Å². The van der Waals surface area contributed by atoms with E-state index in [-0.39, 0.29) is 17.3 Å². The van der Waals surface area contributed by atoms with E-state index in [2.05, 4.69) is 26.2 Å². The minimum Gasteiger partial charge on any atom is -0.328 e. The van der Waals surface area contributed by atoms with E-state index >= 15 is 0 Å². The van der Waals surface area contributed by atoms with Crippen molar-refractivity contribution in [3.05, 3.63) is 47.4 Å². The summed E-state index contributed by atoms with van der Waals surface area (Å²) in [5.41, 5.74) is 0.486. The van der Waals surface area contributed by atoms with Crippen LogP contribution in [-0.4, -0.2) is 20.3 Å². The largest absolute Gasteiger partial charge is 0.328 e. The van der Waals surface area contributed by atoms with Gasteiger partial charge in [0, 0.05) is 18.8 Å². The predicted octanol–water partition coefficient (Wildman–Crippen LogP) is 3.24. The fraction of sp³-hybridized carbons (Fsp3) is 0.286. The molecule has 21 heavy (non-hydrogen) atoms. The van der Waals surface area contributed by atoms with Crippen LogP contribution in [-0.2, 0) is 11.3 Å². The molecule has 1 unspecified atom stereocenters. The molecule has 0 saturated carbocycles. The van der Waals surface area contributed by atoms with Gasteiger partial charge in [0.1, 0.15) is 17.5 Å². The number of carbonyl (C=O) groups is 1. The lowest BCUT2D eigenvalue weighted by Crippen LogP contribution is -2.20. The van der Waals surface area contributed by atoms with Crippen LogP contribution in [0.15, 0.2) is 24.4 Å². The van der Waals surface area contributed by atoms with E-state index in [0.29, 0.717) is 17.2 Å². The molecule has 1 N–H and O–H groups in total. The number of aryl methyl sites for hydroxylation is 1. The van der Waals surface area contributed by atoms with Gasteiger partial charge in [0.15, 0.2) is 5.82 Å². The van der Waals surface area contributed by atoms with E-state index in [4.69, 9.17) is 0 Å². The number of imidazole rings is 1. The Bertz CT molecular complexity index is 650. The molecule has 0 saturated heterocycles. The molecule has 1 amide bonds. The van der Waals surface area contributed by atoms with E-state index in [1.807, 2.05) is 0 Å². The van der Waals surface area contributed by atoms with Crippen LogP contribution in [0.25, 0.3) is 0 Å². The number of hydrogen-bond acceptors (Lipinski definition) is 2. The van der Waals surface area contributed by atoms with Crippen LogP contribution < -0.4 is 5.32 Å². The van der Waals surface area contributed by atoms with Crippen LogP contribution in [0.5, 0.6) is 0 Å². The summed E-state index contributed by atoms with van der Waals surface area (Å²) < 4.78 is 28.1. The molecule has 112 valence electrons. The van der Waals surface area contributed by atoms with Gasteiger partial charge in [0.2, 0.25) is 5.91 Å². The molecule has 0 fully saturated rings. The number of aromatic nitrogens is 2. The van der Waals surface area contributed by atoms with Crippen LogP contribution >= 0.6 is 15.9 Å². The molecular weight excluding hydrogens is 344 g/mol. The Kier molecular flexibility index (Phi) is 4.72. The number of carbonyl (C=O) groups excluding carboxylic acids is 1. The molecular formula is C14H14BrF2N3O. The van der Waals surface area contributed by atoms with Crippen molar-refractivity contribution in [2.75, 3.05) is 5.32 Å². The monoisotopic (exact) mass is 357 g/mol. The highest BCUT2D eigenvalue weighted by atomic mass is 79.9. The van der Waals surface area contributed by atoms with E-state index in [1.54, 1.807) is 24.6 Å². The van der Waals surface area contributed by atoms with Gasteiger partial charge in [-0.05, 0) is 31.5 Å². The first-order valence-electron chi connectivity index (χ1n) is 6.29. The van der Waals surface area contributed by atoms with Crippen LogP contribution in [0.3, 0.4) is 0 Å². The highest BCUT2D eigenvalue weighted by Crippen LogP contribution is 2.14. The zero-order valence-corrected chi connectivity index (χ0v) is 13.1. The maximum atomic E-state index is 13.2. The molecule has 0 aliphatic rings. The Balaban J connectivity index is 2.17. The number of hydrogen-bond donors (Lipinski definition) is 1. The lowest BCUT2D eigenvalue weighted by Gasteiger charge is -2.05. The highest BCUT2D eigenvalue weighted by Gasteiger charge is 2.12. The maximum absolute atomic E-state index is 13.2. The molecule has 0 radical (unpaired) electrons. The first-order chi connectivity index (χ1) is 9.85. The van der Waals surface area contributed by atoms with Gasteiger partial charge in [-0.2, -0.15) is 0 Å². The van der Waals surface area contributed by atoms with Gasteiger partial charge in [-0.15, -0.1) is 0 Å². The summed E-state index contributed by atoms with van der Waals surface area (Å²) in [4.78, 5) is 15.4. The summed E-state index contributed by atoms with van der Waals surface area (Å²) in [5, 5.41) is 2.65. The zero-order valence-electron chi connectivity index (χ0n) is 11.5. The Morgan fingerprint density at radius 1 is 1.38 bits per heavy atom. The van der Waals surface area contributed by atoms with Crippen LogP contribution in [0.2, 0.25) is 0 Å². The fourth-order valence-electron chi connectivity index (χ4n) is 1.85. The van der Waals surface area contributed by atoms with Crippen molar-refractivity contribution < 1.29 is 13.6 Å². The van der Waals surface area contributed by atoms with E-state index in [1.165, 1.54) is 12.1 Å². The summed E-state index contributed by atoms with van der Waals surface area (Å²) in [7, 11) is 0. The van der Waals surface area contributed by atoms with Crippen molar-refractivity contribution in [3.63, 3.8) is 0 Å². The minimum atomic E-state index is -0.621. The SMILES string of the molecule is Cc1nc(NC(=O)C(C)Br)cn1Cc1cc(F)cc(F)c1. The summed E-state index contributed by atoms with van der Waals surface area (Å²) >= 11 is 3.16. The van der Waals surface area contributed by atoms with Gasteiger partial charge in [-0.25, -0.2) is 13.8 Å². The number of alkyl halides is 1. The van der Waals surface area contributed by atoms with Crippen LogP contribution in [0.1, 0.15) is 18.3 Å². The van der Waals surface area contributed by atoms with E-state index in [9.17, 15) is 13.6 Å². The molecule has 7 heteroatoms. The van der Waals surface area contributed by atoms with Crippen LogP contribution in [0.4, 0.5) is 14.6 Å². The average molecular weight is 358 g/mol. The second-order valence-corrected chi connectivity index (χ2v) is 6.06. The van der Waals surface area contributed by atoms with E-state index in [0.717, 1.165) is 6.07 Å². The molecule has 2 aromatic rings. The Morgan fingerprint density at radius 3 is 2.57 bits per heavy atom. The summed E-state index contributed by atoms with van der Waals surface area (Å²) in [5.74, 6) is -0.414. The Labute approximate surface area is 129 Å². The molecule has 1 atom stereocenters. The Hall–Kier alpha value is -1.76. The number of benzene rings is 1. The molecule has 0 bridgehead atoms. The summed E-state index contributed by atoms with van der Waals surface area (Å²) in [6.07, 6.45) is 1.63. The lowest BCUT2D eigenvalue weighted by molar-refractivity contribution is -0.115. The smallest absolute Gasteiger partial charge is 0.239 e. The second kappa shape index (κ2) is 6.34. The van der Waals surface area contributed by atoms with Crippen molar-refractivity contribution in [3.8, 4) is 0 Å². The van der Waals surface area contributed by atoms with Gasteiger partial charge in [0.25, 0.3) is 0 Å². The average Bonchev–Trinajstić information content (AvgIpc) is 2.68. The van der Waals surface area contributed by atoms with E-state index < -0.39 is 11.6 Å². The molecule has 0 aliphatic carbocycles. The molecule has 2 rings (SSSR count). The molecule has 0 spiro atoms. The first-order valence-corrected chi connectivity index (χ1v) is 7.20. The third-order valence-corrected chi connectivity index (χ3v) is 3.28. The number of rotatable bonds is 4. The van der Waals surface area contributed by atoms with Gasteiger partial charge < -0.3 is 9.88 Å².